The van der Waals surface area contributed by atoms with Crippen LogP contribution < -0.4 is 10.6 Å². The molecule has 0 saturated carbocycles. The molecule has 5 nitrogen and oxygen atoms in total. The van der Waals surface area contributed by atoms with Gasteiger partial charge in [-0.1, -0.05) is 32.6 Å². The monoisotopic (exact) mass is 498 g/mol. The maximum atomic E-state index is 5.55. The van der Waals surface area contributed by atoms with E-state index in [1.807, 2.05) is 7.05 Å². The SMILES string of the molecule is CCCCCCC(C)NC(=NC)NCC1(N2CCOCC2)CCSC1.I. The maximum Gasteiger partial charge on any atom is 0.191 e. The largest absolute Gasteiger partial charge is 0.379 e. The molecule has 2 saturated heterocycles. The topological polar surface area (TPSA) is 48.9 Å². The molecule has 0 bridgehead atoms. The molecule has 0 spiro atoms. The summed E-state index contributed by atoms with van der Waals surface area (Å²) in [6.07, 6.45) is 7.75. The van der Waals surface area contributed by atoms with E-state index < -0.39 is 0 Å². The van der Waals surface area contributed by atoms with Crippen molar-refractivity contribution in [1.82, 2.24) is 15.5 Å². The van der Waals surface area contributed by atoms with E-state index in [1.165, 1.54) is 50.0 Å². The molecule has 2 N–H and O–H groups in total. The van der Waals surface area contributed by atoms with Crippen LogP contribution in [0.1, 0.15) is 52.4 Å². The van der Waals surface area contributed by atoms with E-state index in [1.54, 1.807) is 0 Å². The molecule has 2 fully saturated rings. The summed E-state index contributed by atoms with van der Waals surface area (Å²) in [5, 5.41) is 7.20. The van der Waals surface area contributed by atoms with Gasteiger partial charge in [-0.05, 0) is 25.5 Å². The number of hydrogen-bond acceptors (Lipinski definition) is 4. The smallest absolute Gasteiger partial charge is 0.191 e. The Bertz CT molecular complexity index is 399. The fraction of sp³-hybridized carbons (Fsp3) is 0.947. The molecular formula is C19H39IN4OS. The van der Waals surface area contributed by atoms with Crippen LogP contribution in [-0.4, -0.2) is 73.8 Å². The van der Waals surface area contributed by atoms with Crippen molar-refractivity contribution in [1.29, 1.82) is 0 Å². The van der Waals surface area contributed by atoms with Gasteiger partial charge in [-0.25, -0.2) is 0 Å². The molecule has 2 unspecified atom stereocenters. The Morgan fingerprint density at radius 3 is 2.65 bits per heavy atom. The van der Waals surface area contributed by atoms with E-state index in [2.05, 4.69) is 46.1 Å². The van der Waals surface area contributed by atoms with Gasteiger partial charge in [0.05, 0.1) is 13.2 Å². The molecule has 0 aromatic heterocycles. The highest BCUT2D eigenvalue weighted by Crippen LogP contribution is 2.33. The number of nitrogens with one attached hydrogen (secondary N) is 2. The predicted molar refractivity (Wildman–Crippen MR) is 125 cm³/mol. The molecule has 2 rings (SSSR count). The van der Waals surface area contributed by atoms with Gasteiger partial charge in [0.2, 0.25) is 0 Å². The normalized spacial score (nSPS) is 25.6. The van der Waals surface area contributed by atoms with E-state index in [0.717, 1.165) is 38.8 Å². The zero-order chi connectivity index (χ0) is 18.0. The highest BCUT2D eigenvalue weighted by atomic mass is 127. The summed E-state index contributed by atoms with van der Waals surface area (Å²) in [5.41, 5.74) is 0.260. The quantitative estimate of drug-likeness (QED) is 0.221. The van der Waals surface area contributed by atoms with Crippen LogP contribution in [0, 0.1) is 0 Å². The van der Waals surface area contributed by atoms with Gasteiger partial charge in [-0.3, -0.25) is 9.89 Å². The second kappa shape index (κ2) is 13.4. The first-order valence-corrected chi connectivity index (χ1v) is 11.2. The average molecular weight is 499 g/mol. The van der Waals surface area contributed by atoms with E-state index in [9.17, 15) is 0 Å². The van der Waals surface area contributed by atoms with Crippen LogP contribution in [0.3, 0.4) is 0 Å². The Morgan fingerprint density at radius 2 is 2.04 bits per heavy atom. The van der Waals surface area contributed by atoms with Crippen LogP contribution in [-0.2, 0) is 4.74 Å². The maximum absolute atomic E-state index is 5.55. The molecule has 2 aliphatic heterocycles. The third-order valence-corrected chi connectivity index (χ3v) is 6.68. The first-order valence-electron chi connectivity index (χ1n) is 10.1. The first-order chi connectivity index (χ1) is 12.2. The molecule has 7 heteroatoms. The minimum Gasteiger partial charge on any atom is -0.379 e. The summed E-state index contributed by atoms with van der Waals surface area (Å²) >= 11 is 2.08. The molecule has 0 radical (unpaired) electrons. The van der Waals surface area contributed by atoms with Gasteiger partial charge in [0.1, 0.15) is 0 Å². The van der Waals surface area contributed by atoms with E-state index in [0.29, 0.717) is 6.04 Å². The lowest BCUT2D eigenvalue weighted by molar-refractivity contribution is -0.0120. The fourth-order valence-electron chi connectivity index (χ4n) is 3.76. The van der Waals surface area contributed by atoms with Crippen molar-refractivity contribution in [2.75, 3.05) is 51.4 Å². The standard InChI is InChI=1S/C19H38N4OS.HI/c1-4-5-6-7-8-17(2)22-18(20-3)21-15-19(9-14-25-16-19)23-10-12-24-13-11-23;/h17H,4-16H2,1-3H3,(H2,20,21,22);1H. The van der Waals surface area contributed by atoms with Crippen molar-refractivity contribution in [3.63, 3.8) is 0 Å². The molecule has 0 aromatic carbocycles. The number of unbranched alkanes of at least 4 members (excludes halogenated alkanes) is 3. The summed E-state index contributed by atoms with van der Waals surface area (Å²) in [6, 6.07) is 0.473. The molecule has 0 amide bonds. The van der Waals surface area contributed by atoms with Crippen LogP contribution in [0.25, 0.3) is 0 Å². The van der Waals surface area contributed by atoms with Gasteiger partial charge in [-0.2, -0.15) is 11.8 Å². The molecule has 2 aliphatic rings. The minimum absolute atomic E-state index is 0. The van der Waals surface area contributed by atoms with Crippen molar-refractivity contribution in [3.8, 4) is 0 Å². The Balaban J connectivity index is 0.00000338. The molecular weight excluding hydrogens is 459 g/mol. The predicted octanol–water partition coefficient (Wildman–Crippen LogP) is 3.34. The fourth-order valence-corrected chi connectivity index (χ4v) is 5.24. The lowest BCUT2D eigenvalue weighted by Crippen LogP contribution is -2.60. The molecule has 0 aromatic rings. The summed E-state index contributed by atoms with van der Waals surface area (Å²) in [7, 11) is 1.88. The zero-order valence-corrected chi connectivity index (χ0v) is 20.0. The zero-order valence-electron chi connectivity index (χ0n) is 16.9. The van der Waals surface area contributed by atoms with Gasteiger partial charge in [0.25, 0.3) is 0 Å². The number of halogens is 1. The van der Waals surface area contributed by atoms with Gasteiger partial charge in [-0.15, -0.1) is 24.0 Å². The number of guanidine groups is 1. The van der Waals surface area contributed by atoms with E-state index >= 15 is 0 Å². The number of hydrogen-bond donors (Lipinski definition) is 2. The second-order valence-corrected chi connectivity index (χ2v) is 8.55. The van der Waals surface area contributed by atoms with Crippen LogP contribution in [0.5, 0.6) is 0 Å². The van der Waals surface area contributed by atoms with Crippen molar-refractivity contribution in [3.05, 3.63) is 0 Å². The summed E-state index contributed by atoms with van der Waals surface area (Å²) in [4.78, 5) is 7.10. The highest BCUT2D eigenvalue weighted by Gasteiger charge is 2.40. The Labute approximate surface area is 181 Å². The summed E-state index contributed by atoms with van der Waals surface area (Å²) in [5.74, 6) is 3.43. The Morgan fingerprint density at radius 1 is 1.27 bits per heavy atom. The molecule has 26 heavy (non-hydrogen) atoms. The van der Waals surface area contributed by atoms with Crippen molar-refractivity contribution in [2.45, 2.75) is 64.0 Å². The van der Waals surface area contributed by atoms with E-state index in [-0.39, 0.29) is 29.5 Å². The number of nitrogens with zero attached hydrogens (tertiary/aromatic N) is 2. The summed E-state index contributed by atoms with van der Waals surface area (Å²) in [6.45, 7) is 9.36. The second-order valence-electron chi connectivity index (χ2n) is 7.45. The Hall–Kier alpha value is 0.270. The average Bonchev–Trinajstić information content (AvgIpc) is 3.13. The lowest BCUT2D eigenvalue weighted by atomic mass is 9.95. The van der Waals surface area contributed by atoms with Crippen molar-refractivity contribution < 1.29 is 4.74 Å². The van der Waals surface area contributed by atoms with Gasteiger partial charge < -0.3 is 15.4 Å². The number of rotatable bonds is 9. The third-order valence-electron chi connectivity index (χ3n) is 5.45. The van der Waals surface area contributed by atoms with E-state index in [4.69, 9.17) is 4.74 Å². The minimum atomic E-state index is 0. The number of aliphatic imine (C=N–C) groups is 1. The summed E-state index contributed by atoms with van der Waals surface area (Å²) < 4.78 is 5.55. The van der Waals surface area contributed by atoms with Crippen molar-refractivity contribution in [2.24, 2.45) is 4.99 Å². The molecule has 2 atom stereocenters. The van der Waals surface area contributed by atoms with Crippen molar-refractivity contribution >= 4 is 41.7 Å². The lowest BCUT2D eigenvalue weighted by Gasteiger charge is -2.43. The van der Waals surface area contributed by atoms with Crippen LogP contribution in [0.2, 0.25) is 0 Å². The molecule has 2 heterocycles. The third kappa shape index (κ3) is 7.72. The van der Waals surface area contributed by atoms with Gasteiger partial charge in [0.15, 0.2) is 5.96 Å². The van der Waals surface area contributed by atoms with Crippen LogP contribution in [0.4, 0.5) is 0 Å². The first kappa shape index (κ1) is 24.3. The van der Waals surface area contributed by atoms with Gasteiger partial charge in [0, 0.05) is 44.0 Å². The number of ether oxygens (including phenoxy) is 1. The highest BCUT2D eigenvalue weighted by molar-refractivity contribution is 14.0. The van der Waals surface area contributed by atoms with Crippen LogP contribution in [0.15, 0.2) is 4.99 Å². The number of morpholine rings is 1. The molecule has 0 aliphatic carbocycles. The Kier molecular flexibility index (Phi) is 12.6. The van der Waals surface area contributed by atoms with Gasteiger partial charge >= 0.3 is 0 Å². The van der Waals surface area contributed by atoms with Crippen LogP contribution >= 0.6 is 35.7 Å². The number of thioether (sulfide) groups is 1. The molecule has 154 valence electrons.